The number of carboxylic acid groups (broad SMARTS) is 1. The SMILES string of the molecule is COc1c(C)c(C(=O)c2ccc(N3C(=O)c4ccccc4C3=O)c(C(=O)[O-])c2)n2ccccc12. The number of pyridine rings is 1. The second kappa shape index (κ2) is 7.70. The number of imide groups is 1. The van der Waals surface area contributed by atoms with Crippen molar-refractivity contribution >= 4 is 34.8 Å². The molecule has 2 aromatic carbocycles. The minimum absolute atomic E-state index is 0.0635. The number of anilines is 1. The van der Waals surface area contributed by atoms with Gasteiger partial charge in [-0.15, -0.1) is 0 Å². The van der Waals surface area contributed by atoms with Gasteiger partial charge in [-0.25, -0.2) is 4.90 Å². The number of carbonyl (C=O) groups is 4. The molecule has 0 N–H and O–H groups in total. The second-order valence-electron chi connectivity index (χ2n) is 7.80. The molecule has 0 fully saturated rings. The van der Waals surface area contributed by atoms with Crippen molar-refractivity contribution in [3.63, 3.8) is 0 Å². The van der Waals surface area contributed by atoms with Gasteiger partial charge in [0.05, 0.1) is 35.4 Å². The molecule has 0 radical (unpaired) electrons. The Morgan fingerprint density at radius 1 is 0.912 bits per heavy atom. The maximum atomic E-state index is 13.5. The van der Waals surface area contributed by atoms with E-state index < -0.39 is 29.1 Å². The van der Waals surface area contributed by atoms with E-state index in [0.29, 0.717) is 22.5 Å². The molecule has 1 aliphatic rings. The molecule has 1 aliphatic heterocycles. The number of amides is 2. The third-order valence-electron chi connectivity index (χ3n) is 5.96. The van der Waals surface area contributed by atoms with E-state index in [1.807, 2.05) is 6.07 Å². The van der Waals surface area contributed by atoms with Gasteiger partial charge in [0.2, 0.25) is 5.78 Å². The molecule has 0 spiro atoms. The highest BCUT2D eigenvalue weighted by Gasteiger charge is 2.37. The van der Waals surface area contributed by atoms with Gasteiger partial charge in [0.25, 0.3) is 11.8 Å². The molecule has 168 valence electrons. The van der Waals surface area contributed by atoms with Crippen molar-refractivity contribution in [2.24, 2.45) is 0 Å². The fraction of sp³-hybridized carbons (Fsp3) is 0.0769. The topological polar surface area (TPSA) is 108 Å². The van der Waals surface area contributed by atoms with Gasteiger partial charge in [0.15, 0.2) is 0 Å². The summed E-state index contributed by atoms with van der Waals surface area (Å²) in [4.78, 5) is 52.0. The summed E-state index contributed by atoms with van der Waals surface area (Å²) >= 11 is 0. The second-order valence-corrected chi connectivity index (χ2v) is 7.80. The van der Waals surface area contributed by atoms with Gasteiger partial charge in [0, 0.05) is 22.9 Å². The van der Waals surface area contributed by atoms with Crippen LogP contribution < -0.4 is 14.7 Å². The van der Waals surface area contributed by atoms with Crippen molar-refractivity contribution in [1.29, 1.82) is 0 Å². The Hall–Kier alpha value is -4.72. The summed E-state index contributed by atoms with van der Waals surface area (Å²) in [5, 5.41) is 12.0. The van der Waals surface area contributed by atoms with E-state index in [9.17, 15) is 24.3 Å². The number of rotatable bonds is 5. The van der Waals surface area contributed by atoms with Crippen molar-refractivity contribution < 1.29 is 29.0 Å². The number of fused-ring (bicyclic) bond motifs is 2. The predicted molar refractivity (Wildman–Crippen MR) is 120 cm³/mol. The summed E-state index contributed by atoms with van der Waals surface area (Å²) in [5.74, 6) is -2.80. The summed E-state index contributed by atoms with van der Waals surface area (Å²) in [5.41, 5.74) is 1.42. The Balaban J connectivity index is 1.63. The Bertz CT molecular complexity index is 1510. The first-order valence-electron chi connectivity index (χ1n) is 10.4. The zero-order chi connectivity index (χ0) is 24.1. The number of ketones is 1. The molecule has 0 unspecified atom stereocenters. The quantitative estimate of drug-likeness (QED) is 0.340. The largest absolute Gasteiger partial charge is 0.545 e. The van der Waals surface area contributed by atoms with Crippen molar-refractivity contribution in [3.8, 4) is 5.75 Å². The Morgan fingerprint density at radius 3 is 2.18 bits per heavy atom. The molecule has 3 heterocycles. The molecular weight excluding hydrogens is 436 g/mol. The van der Waals surface area contributed by atoms with Gasteiger partial charge in [-0.2, -0.15) is 0 Å². The third kappa shape index (κ3) is 2.92. The number of ether oxygens (including phenoxy) is 1. The molecule has 0 aliphatic carbocycles. The van der Waals surface area contributed by atoms with Crippen LogP contribution in [0.5, 0.6) is 5.75 Å². The minimum Gasteiger partial charge on any atom is -0.545 e. The van der Waals surface area contributed by atoms with Gasteiger partial charge in [-0.3, -0.25) is 14.4 Å². The van der Waals surface area contributed by atoms with Crippen LogP contribution in [0.4, 0.5) is 5.69 Å². The van der Waals surface area contributed by atoms with Crippen LogP contribution in [0, 0.1) is 6.92 Å². The minimum atomic E-state index is -1.62. The van der Waals surface area contributed by atoms with E-state index in [0.717, 1.165) is 11.0 Å². The zero-order valence-corrected chi connectivity index (χ0v) is 18.2. The molecule has 2 aromatic heterocycles. The molecule has 0 bridgehead atoms. The van der Waals surface area contributed by atoms with Crippen LogP contribution >= 0.6 is 0 Å². The number of hydrogen-bond acceptors (Lipinski definition) is 6. The molecule has 0 saturated carbocycles. The molecule has 8 heteroatoms. The summed E-state index contributed by atoms with van der Waals surface area (Å²) in [7, 11) is 1.51. The van der Waals surface area contributed by atoms with E-state index in [2.05, 4.69) is 0 Å². The van der Waals surface area contributed by atoms with Crippen molar-refractivity contribution in [1.82, 2.24) is 4.40 Å². The zero-order valence-electron chi connectivity index (χ0n) is 18.2. The van der Waals surface area contributed by atoms with Crippen molar-refractivity contribution in [2.45, 2.75) is 6.92 Å². The summed E-state index contributed by atoms with van der Waals surface area (Å²) < 4.78 is 7.14. The van der Waals surface area contributed by atoms with Crippen LogP contribution in [0.3, 0.4) is 0 Å². The lowest BCUT2D eigenvalue weighted by Crippen LogP contribution is -2.33. The Kier molecular flexibility index (Phi) is 4.79. The molecule has 2 amide bonds. The van der Waals surface area contributed by atoms with E-state index in [1.165, 1.54) is 31.4 Å². The average Bonchev–Trinajstić information content (AvgIpc) is 3.27. The number of carbonyl (C=O) groups excluding carboxylic acids is 4. The summed E-state index contributed by atoms with van der Waals surface area (Å²) in [6.45, 7) is 1.74. The van der Waals surface area contributed by atoms with E-state index in [1.54, 1.807) is 41.8 Å². The van der Waals surface area contributed by atoms with E-state index >= 15 is 0 Å². The molecule has 4 aromatic rings. The average molecular weight is 453 g/mol. The lowest BCUT2D eigenvalue weighted by Gasteiger charge is -2.19. The van der Waals surface area contributed by atoms with E-state index in [-0.39, 0.29) is 22.4 Å². The van der Waals surface area contributed by atoms with Gasteiger partial charge in [0.1, 0.15) is 11.4 Å². The summed E-state index contributed by atoms with van der Waals surface area (Å²) in [6.07, 6.45) is 1.71. The van der Waals surface area contributed by atoms with Crippen molar-refractivity contribution in [3.05, 3.63) is 100 Å². The number of aromatic nitrogens is 1. The van der Waals surface area contributed by atoms with Crippen LogP contribution in [-0.4, -0.2) is 35.1 Å². The van der Waals surface area contributed by atoms with Gasteiger partial charge in [-0.1, -0.05) is 18.2 Å². The summed E-state index contributed by atoms with van der Waals surface area (Å²) in [6, 6.07) is 15.4. The number of carboxylic acids is 1. The first-order valence-corrected chi connectivity index (χ1v) is 10.4. The Morgan fingerprint density at radius 2 is 1.56 bits per heavy atom. The lowest BCUT2D eigenvalue weighted by atomic mass is 10.0. The predicted octanol–water partition coefficient (Wildman–Crippen LogP) is 2.65. The first kappa shape index (κ1) is 21.1. The fourth-order valence-electron chi connectivity index (χ4n) is 4.42. The lowest BCUT2D eigenvalue weighted by molar-refractivity contribution is -0.254. The van der Waals surface area contributed by atoms with Crippen LogP contribution in [0.1, 0.15) is 52.7 Å². The highest BCUT2D eigenvalue weighted by Crippen LogP contribution is 2.34. The van der Waals surface area contributed by atoms with Crippen LogP contribution in [0.15, 0.2) is 66.9 Å². The number of methoxy groups -OCH3 is 1. The molecule has 5 rings (SSSR count). The first-order chi connectivity index (χ1) is 16.3. The molecule has 0 saturated heterocycles. The molecule has 0 atom stereocenters. The van der Waals surface area contributed by atoms with Crippen LogP contribution in [-0.2, 0) is 0 Å². The number of aromatic carboxylic acids is 1. The maximum absolute atomic E-state index is 13.5. The third-order valence-corrected chi connectivity index (χ3v) is 5.96. The van der Waals surface area contributed by atoms with E-state index in [4.69, 9.17) is 4.74 Å². The fourth-order valence-corrected chi connectivity index (χ4v) is 4.42. The molecular formula is C26H17N2O6-. The normalized spacial score (nSPS) is 12.8. The number of benzene rings is 2. The van der Waals surface area contributed by atoms with Crippen LogP contribution in [0.25, 0.3) is 5.52 Å². The van der Waals surface area contributed by atoms with Crippen molar-refractivity contribution in [2.75, 3.05) is 12.0 Å². The molecule has 8 nitrogen and oxygen atoms in total. The van der Waals surface area contributed by atoms with Gasteiger partial charge < -0.3 is 19.0 Å². The number of hydrogen-bond donors (Lipinski definition) is 0. The monoisotopic (exact) mass is 453 g/mol. The van der Waals surface area contributed by atoms with Gasteiger partial charge in [-0.05, 0) is 49.4 Å². The Labute approximate surface area is 193 Å². The highest BCUT2D eigenvalue weighted by atomic mass is 16.5. The molecule has 34 heavy (non-hydrogen) atoms. The highest BCUT2D eigenvalue weighted by molar-refractivity contribution is 6.35. The standard InChI is InChI=1S/C26H18N2O6/c1-14-21(27-12-6-5-9-20(27)23(14)34-2)22(29)15-10-11-19(18(13-15)26(32)33)28-24(30)16-7-3-4-8-17(16)25(28)31/h3-13H,1-2H3,(H,32,33)/p-1. The maximum Gasteiger partial charge on any atom is 0.266 e. The number of nitrogens with zero attached hydrogens (tertiary/aromatic N) is 2. The smallest absolute Gasteiger partial charge is 0.266 e. The van der Waals surface area contributed by atoms with Crippen LogP contribution in [0.2, 0.25) is 0 Å². The van der Waals surface area contributed by atoms with Gasteiger partial charge >= 0.3 is 0 Å².